The molecule has 0 fully saturated rings. The van der Waals surface area contributed by atoms with E-state index in [1.165, 1.54) is 6.92 Å². The van der Waals surface area contributed by atoms with E-state index in [9.17, 15) is 9.59 Å². The van der Waals surface area contributed by atoms with Crippen molar-refractivity contribution < 1.29 is 14.3 Å². The molecule has 1 aliphatic carbocycles. The summed E-state index contributed by atoms with van der Waals surface area (Å²) in [5.74, 6) is 0.654. The van der Waals surface area contributed by atoms with E-state index in [0.717, 1.165) is 49.3 Å². The summed E-state index contributed by atoms with van der Waals surface area (Å²) >= 11 is 0. The number of ether oxygens (including phenoxy) is 1. The summed E-state index contributed by atoms with van der Waals surface area (Å²) in [6.45, 7) is 3.06. The molecule has 0 atom stereocenters. The number of nitrogens with two attached hydrogens (primary N) is 1. The van der Waals surface area contributed by atoms with Crippen molar-refractivity contribution >= 4 is 34.8 Å². The van der Waals surface area contributed by atoms with Crippen molar-refractivity contribution in [2.45, 2.75) is 26.2 Å². The van der Waals surface area contributed by atoms with Crippen LogP contribution in [-0.4, -0.2) is 77.8 Å². The molecule has 12 nitrogen and oxygen atoms in total. The molecule has 1 aliphatic rings. The number of carbonyl (C=O) groups excluding carboxylic acids is 2. The third-order valence-corrected chi connectivity index (χ3v) is 6.19. The first-order chi connectivity index (χ1) is 17.7. The number of rotatable bonds is 10. The van der Waals surface area contributed by atoms with Crippen molar-refractivity contribution in [1.29, 1.82) is 0 Å². The Morgan fingerprint density at radius 1 is 1.16 bits per heavy atom. The van der Waals surface area contributed by atoms with E-state index in [2.05, 4.69) is 35.5 Å². The van der Waals surface area contributed by atoms with Gasteiger partial charge in [0.25, 0.3) is 5.91 Å². The fourth-order valence-corrected chi connectivity index (χ4v) is 4.38. The van der Waals surface area contributed by atoms with Crippen molar-refractivity contribution in [3.8, 4) is 11.6 Å². The smallest absolute Gasteiger partial charge is 0.269 e. The fraction of sp³-hybridized carbons (Fsp3) is 0.400. The fourth-order valence-electron chi connectivity index (χ4n) is 4.38. The Kier molecular flexibility index (Phi) is 7.58. The number of nitrogens with zero attached hydrogens (tertiary/aromatic N) is 6. The lowest BCUT2D eigenvalue weighted by Gasteiger charge is -2.25. The minimum absolute atomic E-state index is 0.186. The zero-order chi connectivity index (χ0) is 26.7. The Balaban J connectivity index is 1.68. The first-order valence-electron chi connectivity index (χ1n) is 12.0. The molecule has 2 aromatic heterocycles. The van der Waals surface area contributed by atoms with Gasteiger partial charge in [0.15, 0.2) is 11.5 Å². The van der Waals surface area contributed by atoms with Crippen LogP contribution in [0.1, 0.15) is 35.1 Å². The molecule has 4 N–H and O–H groups in total. The van der Waals surface area contributed by atoms with Crippen LogP contribution in [0, 0.1) is 0 Å². The summed E-state index contributed by atoms with van der Waals surface area (Å²) < 4.78 is 7.33. The molecule has 0 bridgehead atoms. The molecule has 12 heteroatoms. The third-order valence-electron chi connectivity index (χ3n) is 6.19. The van der Waals surface area contributed by atoms with Gasteiger partial charge in [-0.2, -0.15) is 10.1 Å². The van der Waals surface area contributed by atoms with E-state index in [1.54, 1.807) is 30.1 Å². The number of hydrogen-bond donors (Lipinski definition) is 3. The average Bonchev–Trinajstić information content (AvgIpc) is 3.45. The number of amides is 2. The molecule has 0 saturated carbocycles. The van der Waals surface area contributed by atoms with Gasteiger partial charge < -0.3 is 30.9 Å². The zero-order valence-electron chi connectivity index (χ0n) is 21.8. The molecule has 0 spiro atoms. The number of anilines is 4. The second-order valence-corrected chi connectivity index (χ2v) is 9.24. The quantitative estimate of drug-likeness (QED) is 0.375. The number of likely N-dealkylation sites (N-methyl/N-ethyl adjacent to an activating group) is 2. The van der Waals surface area contributed by atoms with Crippen LogP contribution in [0.2, 0.25) is 0 Å². The van der Waals surface area contributed by atoms with Crippen molar-refractivity contribution in [3.05, 3.63) is 41.3 Å². The highest BCUT2D eigenvalue weighted by Gasteiger charge is 2.26. The number of primary amides is 1. The van der Waals surface area contributed by atoms with Gasteiger partial charge in [-0.3, -0.25) is 9.59 Å². The van der Waals surface area contributed by atoms with Gasteiger partial charge in [-0.15, -0.1) is 0 Å². The Morgan fingerprint density at radius 2 is 1.95 bits per heavy atom. The lowest BCUT2D eigenvalue weighted by atomic mass is 10.2. The van der Waals surface area contributed by atoms with E-state index in [-0.39, 0.29) is 11.6 Å². The van der Waals surface area contributed by atoms with Crippen LogP contribution in [0.5, 0.6) is 5.75 Å². The normalized spacial score (nSPS) is 12.4. The van der Waals surface area contributed by atoms with Crippen LogP contribution in [-0.2, 0) is 17.6 Å². The predicted octanol–water partition coefficient (Wildman–Crippen LogP) is 1.96. The van der Waals surface area contributed by atoms with Gasteiger partial charge in [-0.25, -0.2) is 9.67 Å². The molecular formula is C25H33N9O3. The summed E-state index contributed by atoms with van der Waals surface area (Å²) in [6.07, 6.45) is 4.10. The van der Waals surface area contributed by atoms with Gasteiger partial charge >= 0.3 is 0 Å². The van der Waals surface area contributed by atoms with Crippen LogP contribution in [0.4, 0.5) is 23.0 Å². The Morgan fingerprint density at radius 3 is 2.62 bits per heavy atom. The number of methoxy groups -OCH3 is 1. The van der Waals surface area contributed by atoms with Gasteiger partial charge in [0, 0.05) is 51.0 Å². The Hall–Kier alpha value is -4.19. The number of benzene rings is 1. The van der Waals surface area contributed by atoms with Crippen LogP contribution in [0.15, 0.2) is 24.4 Å². The molecule has 1 aromatic carbocycles. The molecule has 0 aliphatic heterocycles. The van der Waals surface area contributed by atoms with Crippen LogP contribution in [0.25, 0.3) is 5.82 Å². The topological polar surface area (TPSA) is 144 Å². The van der Waals surface area contributed by atoms with Gasteiger partial charge in [0.1, 0.15) is 5.75 Å². The molecular weight excluding hydrogens is 474 g/mol. The van der Waals surface area contributed by atoms with Crippen LogP contribution < -0.4 is 26.0 Å². The van der Waals surface area contributed by atoms with Crippen molar-refractivity contribution in [2.24, 2.45) is 5.73 Å². The predicted molar refractivity (Wildman–Crippen MR) is 142 cm³/mol. The molecule has 0 unspecified atom stereocenters. The number of carbonyl (C=O) groups is 2. The average molecular weight is 508 g/mol. The standard InChI is InChI=1S/C25H33N9O3/c1-15(35)28-17-13-18(21(37-5)14-20(17)33(4)12-11-32(2)3)29-25-27-10-9-22(30-25)34-19-8-6-7-16(19)23(31-34)24(26)36/h9-10,13-14H,6-8,11-12H2,1-5H3,(H2,26,36)(H,28,35)(H,27,29,30). The first kappa shape index (κ1) is 25.9. The number of fused-ring (bicyclic) bond motifs is 1. The van der Waals surface area contributed by atoms with Gasteiger partial charge in [-0.1, -0.05) is 0 Å². The second-order valence-electron chi connectivity index (χ2n) is 9.24. The minimum atomic E-state index is -0.546. The molecule has 0 radical (unpaired) electrons. The molecule has 2 heterocycles. The SMILES string of the molecule is COc1cc(N(C)CCN(C)C)c(NC(C)=O)cc1Nc1nccc(-n2nc(C(N)=O)c3c2CCC3)n1. The van der Waals surface area contributed by atoms with E-state index >= 15 is 0 Å². The Bertz CT molecular complexity index is 1320. The maximum absolute atomic E-state index is 12.0. The highest BCUT2D eigenvalue weighted by molar-refractivity contribution is 5.95. The monoisotopic (exact) mass is 507 g/mol. The molecule has 0 saturated heterocycles. The van der Waals surface area contributed by atoms with Crippen LogP contribution >= 0.6 is 0 Å². The summed E-state index contributed by atoms with van der Waals surface area (Å²) in [5, 5.41) is 10.5. The maximum Gasteiger partial charge on any atom is 0.269 e. The molecule has 4 rings (SSSR count). The van der Waals surface area contributed by atoms with Crippen molar-refractivity contribution in [2.75, 3.05) is 56.9 Å². The summed E-state index contributed by atoms with van der Waals surface area (Å²) in [7, 11) is 7.57. The lowest BCUT2D eigenvalue weighted by molar-refractivity contribution is -0.114. The molecule has 3 aromatic rings. The van der Waals surface area contributed by atoms with E-state index in [1.807, 2.05) is 27.2 Å². The number of hydrogen-bond acceptors (Lipinski definition) is 9. The van der Waals surface area contributed by atoms with Gasteiger partial charge in [-0.05, 0) is 39.4 Å². The molecule has 196 valence electrons. The zero-order valence-corrected chi connectivity index (χ0v) is 21.8. The van der Waals surface area contributed by atoms with E-state index in [4.69, 9.17) is 10.5 Å². The van der Waals surface area contributed by atoms with E-state index in [0.29, 0.717) is 28.9 Å². The number of aromatic nitrogens is 4. The Labute approximate surface area is 215 Å². The van der Waals surface area contributed by atoms with Crippen LogP contribution in [0.3, 0.4) is 0 Å². The van der Waals surface area contributed by atoms with E-state index < -0.39 is 5.91 Å². The van der Waals surface area contributed by atoms with Gasteiger partial charge in [0.05, 0.1) is 29.9 Å². The summed E-state index contributed by atoms with van der Waals surface area (Å²) in [4.78, 5) is 37.0. The summed E-state index contributed by atoms with van der Waals surface area (Å²) in [5.41, 5.74) is 9.69. The largest absolute Gasteiger partial charge is 0.494 e. The summed E-state index contributed by atoms with van der Waals surface area (Å²) in [6, 6.07) is 5.39. The highest BCUT2D eigenvalue weighted by Crippen LogP contribution is 2.38. The highest BCUT2D eigenvalue weighted by atomic mass is 16.5. The van der Waals surface area contributed by atoms with Gasteiger partial charge in [0.2, 0.25) is 11.9 Å². The molecule has 2 amide bonds. The van der Waals surface area contributed by atoms with Crippen molar-refractivity contribution in [3.63, 3.8) is 0 Å². The molecule has 37 heavy (non-hydrogen) atoms. The first-order valence-corrected chi connectivity index (χ1v) is 12.0. The maximum atomic E-state index is 12.0. The number of nitrogens with one attached hydrogen (secondary N) is 2. The minimum Gasteiger partial charge on any atom is -0.494 e. The van der Waals surface area contributed by atoms with Crippen molar-refractivity contribution in [1.82, 2.24) is 24.6 Å². The third kappa shape index (κ3) is 5.64. The lowest BCUT2D eigenvalue weighted by Crippen LogP contribution is -2.29. The second kappa shape index (κ2) is 10.8.